The molecule has 0 aromatic heterocycles. The molecule has 146 valence electrons. The van der Waals surface area contributed by atoms with E-state index in [0.717, 1.165) is 34.2 Å². The van der Waals surface area contributed by atoms with Gasteiger partial charge < -0.3 is 10.1 Å². The van der Waals surface area contributed by atoms with Crippen LogP contribution in [-0.2, 0) is 14.3 Å². The van der Waals surface area contributed by atoms with Gasteiger partial charge in [0.15, 0.2) is 6.61 Å². The van der Waals surface area contributed by atoms with Crippen LogP contribution in [0.1, 0.15) is 44.9 Å². The summed E-state index contributed by atoms with van der Waals surface area (Å²) < 4.78 is 5.35. The average molecular weight is 377 g/mol. The molecule has 4 aliphatic carbocycles. The van der Waals surface area contributed by atoms with E-state index < -0.39 is 0 Å². The molecule has 1 amide bonds. The van der Waals surface area contributed by atoms with E-state index >= 15 is 0 Å². The topological polar surface area (TPSA) is 55.4 Å². The lowest BCUT2D eigenvalue weighted by atomic mass is 9.49. The van der Waals surface area contributed by atoms with E-state index in [9.17, 15) is 9.59 Å². The van der Waals surface area contributed by atoms with E-state index in [4.69, 9.17) is 4.74 Å². The van der Waals surface area contributed by atoms with E-state index in [1.165, 1.54) is 38.5 Å². The van der Waals surface area contributed by atoms with Crippen LogP contribution in [0.5, 0.6) is 0 Å². The molecule has 4 aliphatic rings. The molecule has 2 aromatic carbocycles. The molecule has 4 bridgehead atoms. The summed E-state index contributed by atoms with van der Waals surface area (Å²) in [7, 11) is 0. The predicted molar refractivity (Wildman–Crippen MR) is 109 cm³/mol. The lowest BCUT2D eigenvalue weighted by Crippen LogP contribution is -2.47. The Hall–Kier alpha value is -2.36. The standard InChI is InChI=1S/C24H27NO3/c26-22(25-21-6-5-19-3-1-2-4-20(19)10-21)15-28-23(27)14-24-11-16-7-17(12-24)9-18(8-16)13-24/h1-6,10,16-18H,7-9,11-15H2,(H,25,26). The summed E-state index contributed by atoms with van der Waals surface area (Å²) in [6.07, 6.45) is 8.11. The molecule has 0 spiro atoms. The maximum atomic E-state index is 12.5. The number of benzene rings is 2. The van der Waals surface area contributed by atoms with Gasteiger partial charge in [-0.05, 0) is 84.6 Å². The molecule has 4 saturated carbocycles. The van der Waals surface area contributed by atoms with Crippen LogP contribution in [0.15, 0.2) is 42.5 Å². The van der Waals surface area contributed by atoms with Crippen molar-refractivity contribution in [2.75, 3.05) is 11.9 Å². The first-order valence-corrected chi connectivity index (χ1v) is 10.5. The molecule has 4 fully saturated rings. The fourth-order valence-corrected chi connectivity index (χ4v) is 6.47. The van der Waals surface area contributed by atoms with Gasteiger partial charge in [-0.15, -0.1) is 0 Å². The lowest BCUT2D eigenvalue weighted by Gasteiger charge is -2.56. The highest BCUT2D eigenvalue weighted by molar-refractivity contribution is 5.95. The molecule has 0 radical (unpaired) electrons. The first-order chi connectivity index (χ1) is 13.6. The number of hydrogen-bond donors (Lipinski definition) is 1. The average Bonchev–Trinajstić information content (AvgIpc) is 2.65. The van der Waals surface area contributed by atoms with Crippen molar-refractivity contribution < 1.29 is 14.3 Å². The number of carbonyl (C=O) groups excluding carboxylic acids is 2. The quantitative estimate of drug-likeness (QED) is 0.752. The Morgan fingerprint density at radius 1 is 0.929 bits per heavy atom. The third-order valence-electron chi connectivity index (χ3n) is 7.08. The van der Waals surface area contributed by atoms with E-state index in [0.29, 0.717) is 6.42 Å². The predicted octanol–water partition coefficient (Wildman–Crippen LogP) is 4.93. The molecule has 4 heteroatoms. The Labute approximate surface area is 165 Å². The zero-order valence-corrected chi connectivity index (χ0v) is 16.2. The fraction of sp³-hybridized carbons (Fsp3) is 0.500. The molecule has 0 unspecified atom stereocenters. The van der Waals surface area contributed by atoms with Gasteiger partial charge in [0.2, 0.25) is 0 Å². The lowest BCUT2D eigenvalue weighted by molar-refractivity contribution is -0.154. The summed E-state index contributed by atoms with van der Waals surface area (Å²) in [5, 5.41) is 5.03. The zero-order chi connectivity index (χ0) is 19.1. The van der Waals surface area contributed by atoms with Crippen LogP contribution in [0.4, 0.5) is 5.69 Å². The minimum absolute atomic E-state index is 0.153. The van der Waals surface area contributed by atoms with Crippen molar-refractivity contribution >= 4 is 28.3 Å². The maximum absolute atomic E-state index is 12.5. The summed E-state index contributed by atoms with van der Waals surface area (Å²) >= 11 is 0. The molecule has 1 N–H and O–H groups in total. The monoisotopic (exact) mass is 377 g/mol. The minimum atomic E-state index is -0.283. The van der Waals surface area contributed by atoms with E-state index in [2.05, 4.69) is 5.32 Å². The molecule has 0 saturated heterocycles. The largest absolute Gasteiger partial charge is 0.456 e. The molecule has 2 aromatic rings. The highest BCUT2D eigenvalue weighted by atomic mass is 16.5. The van der Waals surface area contributed by atoms with Crippen LogP contribution >= 0.6 is 0 Å². The SMILES string of the molecule is O=C(COC(=O)CC12CC3CC(CC(C3)C1)C2)Nc1ccc2ccccc2c1. The molecular formula is C24H27NO3. The van der Waals surface area contributed by atoms with Gasteiger partial charge in [-0.3, -0.25) is 9.59 Å². The number of ether oxygens (including phenoxy) is 1. The summed E-state index contributed by atoms with van der Waals surface area (Å²) in [5.74, 6) is 1.95. The van der Waals surface area contributed by atoms with Crippen molar-refractivity contribution in [1.29, 1.82) is 0 Å². The number of anilines is 1. The second-order valence-electron chi connectivity index (χ2n) is 9.37. The third-order valence-corrected chi connectivity index (χ3v) is 7.08. The van der Waals surface area contributed by atoms with Crippen molar-refractivity contribution in [2.24, 2.45) is 23.2 Å². The van der Waals surface area contributed by atoms with Gasteiger partial charge in [-0.2, -0.15) is 0 Å². The summed E-state index contributed by atoms with van der Waals surface area (Å²) in [6.45, 7) is -0.210. The van der Waals surface area contributed by atoms with Gasteiger partial charge in [0.1, 0.15) is 0 Å². The normalized spacial score (nSPS) is 30.4. The smallest absolute Gasteiger partial charge is 0.306 e. The minimum Gasteiger partial charge on any atom is -0.456 e. The number of nitrogens with one attached hydrogen (secondary N) is 1. The second kappa shape index (κ2) is 6.91. The van der Waals surface area contributed by atoms with E-state index in [1.54, 1.807) is 0 Å². The number of amides is 1. The molecule has 0 atom stereocenters. The Morgan fingerprint density at radius 3 is 2.25 bits per heavy atom. The Bertz CT molecular complexity index is 884. The van der Waals surface area contributed by atoms with Gasteiger partial charge in [-0.1, -0.05) is 30.3 Å². The van der Waals surface area contributed by atoms with Gasteiger partial charge in [0.05, 0.1) is 6.42 Å². The molecule has 0 aliphatic heterocycles. The molecule has 0 heterocycles. The van der Waals surface area contributed by atoms with Crippen LogP contribution in [0, 0.1) is 23.2 Å². The third kappa shape index (κ3) is 3.52. The Morgan fingerprint density at radius 2 is 1.57 bits per heavy atom. The fourth-order valence-electron chi connectivity index (χ4n) is 6.47. The summed E-state index contributed by atoms with van der Waals surface area (Å²) in [5.41, 5.74) is 0.876. The van der Waals surface area contributed by atoms with Crippen LogP contribution in [0.25, 0.3) is 10.8 Å². The van der Waals surface area contributed by atoms with E-state index in [-0.39, 0.29) is 23.9 Å². The van der Waals surface area contributed by atoms with Crippen LogP contribution in [-0.4, -0.2) is 18.5 Å². The van der Waals surface area contributed by atoms with Crippen molar-refractivity contribution in [2.45, 2.75) is 44.9 Å². The van der Waals surface area contributed by atoms with Crippen LogP contribution in [0.3, 0.4) is 0 Å². The highest BCUT2D eigenvalue weighted by Crippen LogP contribution is 2.61. The molecule has 4 nitrogen and oxygen atoms in total. The number of esters is 1. The first kappa shape index (κ1) is 17.7. The Kier molecular flexibility index (Phi) is 4.37. The van der Waals surface area contributed by atoms with Crippen molar-refractivity contribution in [3.8, 4) is 0 Å². The van der Waals surface area contributed by atoms with Crippen molar-refractivity contribution in [1.82, 2.24) is 0 Å². The van der Waals surface area contributed by atoms with Gasteiger partial charge in [-0.25, -0.2) is 0 Å². The molecule has 28 heavy (non-hydrogen) atoms. The second-order valence-corrected chi connectivity index (χ2v) is 9.37. The summed E-state index contributed by atoms with van der Waals surface area (Å²) in [4.78, 5) is 24.7. The molecular weight excluding hydrogens is 350 g/mol. The van der Waals surface area contributed by atoms with Gasteiger partial charge in [0.25, 0.3) is 5.91 Å². The maximum Gasteiger partial charge on any atom is 0.306 e. The zero-order valence-electron chi connectivity index (χ0n) is 16.2. The Balaban J connectivity index is 1.15. The highest BCUT2D eigenvalue weighted by Gasteiger charge is 2.51. The number of hydrogen-bond acceptors (Lipinski definition) is 3. The van der Waals surface area contributed by atoms with Gasteiger partial charge in [0, 0.05) is 5.69 Å². The number of rotatable bonds is 5. The van der Waals surface area contributed by atoms with E-state index in [1.807, 2.05) is 42.5 Å². The number of fused-ring (bicyclic) bond motifs is 1. The van der Waals surface area contributed by atoms with Crippen LogP contribution in [0.2, 0.25) is 0 Å². The van der Waals surface area contributed by atoms with Crippen molar-refractivity contribution in [3.63, 3.8) is 0 Å². The van der Waals surface area contributed by atoms with Crippen LogP contribution < -0.4 is 5.32 Å². The van der Waals surface area contributed by atoms with Gasteiger partial charge >= 0.3 is 5.97 Å². The van der Waals surface area contributed by atoms with Crippen molar-refractivity contribution in [3.05, 3.63) is 42.5 Å². The molecule has 6 rings (SSSR count). The summed E-state index contributed by atoms with van der Waals surface area (Å²) in [6, 6.07) is 13.8. The first-order valence-electron chi connectivity index (χ1n) is 10.5. The number of carbonyl (C=O) groups is 2.